The molecule has 1 aliphatic rings. The molecule has 1 heterocycles. The van der Waals surface area contributed by atoms with Crippen LogP contribution in [0.5, 0.6) is 0 Å². The van der Waals surface area contributed by atoms with Crippen LogP contribution in [0.4, 0.5) is 0 Å². The van der Waals surface area contributed by atoms with Gasteiger partial charge in [-0.2, -0.15) is 0 Å². The minimum atomic E-state index is -0.294. The molecule has 0 aliphatic heterocycles. The minimum Gasteiger partial charge on any atom is -0.367 e. The maximum absolute atomic E-state index is 6.09. The Labute approximate surface area is 115 Å². The van der Waals surface area contributed by atoms with Gasteiger partial charge in [0.2, 0.25) is 0 Å². The molecule has 0 saturated heterocycles. The summed E-state index contributed by atoms with van der Waals surface area (Å²) in [5.74, 6) is 1.61. The molecule has 2 rings (SSSR count). The van der Waals surface area contributed by atoms with Gasteiger partial charge in [0.1, 0.15) is 5.60 Å². The second-order valence-electron chi connectivity index (χ2n) is 5.64. The SMILES string of the molecule is CCOC1(c2nc(C)cc(CN)n2)CCC(C)CC1. The van der Waals surface area contributed by atoms with Crippen molar-refractivity contribution in [3.63, 3.8) is 0 Å². The van der Waals surface area contributed by atoms with E-state index in [0.29, 0.717) is 13.2 Å². The molecular weight excluding hydrogens is 238 g/mol. The van der Waals surface area contributed by atoms with Crippen molar-refractivity contribution in [3.05, 3.63) is 23.3 Å². The zero-order valence-corrected chi connectivity index (χ0v) is 12.3. The van der Waals surface area contributed by atoms with Crippen molar-refractivity contribution < 1.29 is 4.74 Å². The lowest BCUT2D eigenvalue weighted by Crippen LogP contribution is -2.36. The first kappa shape index (κ1) is 14.4. The van der Waals surface area contributed by atoms with Gasteiger partial charge in [0.05, 0.1) is 5.69 Å². The van der Waals surface area contributed by atoms with E-state index in [-0.39, 0.29) is 5.60 Å². The molecule has 1 saturated carbocycles. The summed E-state index contributed by atoms with van der Waals surface area (Å²) in [6.07, 6.45) is 4.37. The largest absolute Gasteiger partial charge is 0.367 e. The predicted molar refractivity (Wildman–Crippen MR) is 75.6 cm³/mol. The van der Waals surface area contributed by atoms with Crippen LogP contribution in [-0.2, 0) is 16.9 Å². The van der Waals surface area contributed by atoms with Gasteiger partial charge < -0.3 is 10.5 Å². The fourth-order valence-corrected chi connectivity index (χ4v) is 2.88. The summed E-state index contributed by atoms with van der Waals surface area (Å²) in [4.78, 5) is 9.26. The second kappa shape index (κ2) is 5.97. The van der Waals surface area contributed by atoms with Crippen LogP contribution < -0.4 is 5.73 Å². The number of nitrogens with two attached hydrogens (primary N) is 1. The molecule has 1 aromatic heterocycles. The summed E-state index contributed by atoms with van der Waals surface area (Å²) < 4.78 is 6.09. The zero-order valence-electron chi connectivity index (χ0n) is 12.3. The maximum Gasteiger partial charge on any atom is 0.160 e. The van der Waals surface area contributed by atoms with Crippen molar-refractivity contribution in [1.29, 1.82) is 0 Å². The topological polar surface area (TPSA) is 61.0 Å². The first-order valence-electron chi connectivity index (χ1n) is 7.28. The third-order valence-electron chi connectivity index (χ3n) is 4.03. The van der Waals surface area contributed by atoms with Crippen LogP contribution in [-0.4, -0.2) is 16.6 Å². The van der Waals surface area contributed by atoms with E-state index in [2.05, 4.69) is 16.9 Å². The molecule has 0 bridgehead atoms. The van der Waals surface area contributed by atoms with E-state index in [9.17, 15) is 0 Å². The molecule has 4 heteroatoms. The van der Waals surface area contributed by atoms with Gasteiger partial charge in [-0.1, -0.05) is 6.92 Å². The quantitative estimate of drug-likeness (QED) is 0.907. The third kappa shape index (κ3) is 3.12. The van der Waals surface area contributed by atoms with Gasteiger partial charge in [0.15, 0.2) is 5.82 Å². The van der Waals surface area contributed by atoms with E-state index in [0.717, 1.165) is 36.0 Å². The molecule has 1 aromatic rings. The first-order valence-corrected chi connectivity index (χ1v) is 7.28. The lowest BCUT2D eigenvalue weighted by molar-refractivity contribution is -0.0839. The number of aryl methyl sites for hydroxylation is 1. The van der Waals surface area contributed by atoms with E-state index in [1.165, 1.54) is 12.8 Å². The van der Waals surface area contributed by atoms with E-state index in [4.69, 9.17) is 10.5 Å². The summed E-state index contributed by atoms with van der Waals surface area (Å²) in [5, 5.41) is 0. The van der Waals surface area contributed by atoms with Crippen LogP contribution >= 0.6 is 0 Å². The number of hydrogen-bond acceptors (Lipinski definition) is 4. The second-order valence-corrected chi connectivity index (χ2v) is 5.64. The van der Waals surface area contributed by atoms with Crippen molar-refractivity contribution in [2.45, 2.75) is 58.6 Å². The highest BCUT2D eigenvalue weighted by Crippen LogP contribution is 2.41. The standard InChI is InChI=1S/C15H25N3O/c1-4-19-15(7-5-11(2)6-8-15)14-17-12(3)9-13(10-16)18-14/h9,11H,4-8,10,16H2,1-3H3. The Morgan fingerprint density at radius 1 is 1.37 bits per heavy atom. The Kier molecular flexibility index (Phi) is 4.53. The first-order chi connectivity index (χ1) is 9.09. The lowest BCUT2D eigenvalue weighted by Gasteiger charge is -2.38. The monoisotopic (exact) mass is 263 g/mol. The van der Waals surface area contributed by atoms with Gasteiger partial charge in [0.25, 0.3) is 0 Å². The van der Waals surface area contributed by atoms with Crippen molar-refractivity contribution in [2.24, 2.45) is 11.7 Å². The van der Waals surface area contributed by atoms with Crippen molar-refractivity contribution in [1.82, 2.24) is 9.97 Å². The summed E-state index contributed by atoms with van der Waals surface area (Å²) in [6, 6.07) is 1.95. The van der Waals surface area contributed by atoms with Crippen LogP contribution in [0.15, 0.2) is 6.07 Å². The number of ether oxygens (including phenoxy) is 1. The van der Waals surface area contributed by atoms with Crippen LogP contribution in [0.1, 0.15) is 56.7 Å². The average Bonchev–Trinajstić information content (AvgIpc) is 2.41. The lowest BCUT2D eigenvalue weighted by atomic mass is 9.78. The fraction of sp³-hybridized carbons (Fsp3) is 0.733. The van der Waals surface area contributed by atoms with Crippen LogP contribution in [0.3, 0.4) is 0 Å². The minimum absolute atomic E-state index is 0.294. The molecule has 0 unspecified atom stereocenters. The molecule has 1 fully saturated rings. The Bertz CT molecular complexity index is 425. The average molecular weight is 263 g/mol. The van der Waals surface area contributed by atoms with Crippen LogP contribution in [0.2, 0.25) is 0 Å². The summed E-state index contributed by atoms with van der Waals surface area (Å²) >= 11 is 0. The summed E-state index contributed by atoms with van der Waals surface area (Å²) in [5.41, 5.74) is 7.31. The molecule has 0 spiro atoms. The van der Waals surface area contributed by atoms with Gasteiger partial charge in [-0.05, 0) is 51.5 Å². The third-order valence-corrected chi connectivity index (χ3v) is 4.03. The molecule has 0 atom stereocenters. The summed E-state index contributed by atoms with van der Waals surface area (Å²) in [6.45, 7) is 7.49. The van der Waals surface area contributed by atoms with Crippen molar-refractivity contribution in [3.8, 4) is 0 Å². The molecule has 0 amide bonds. The van der Waals surface area contributed by atoms with Crippen molar-refractivity contribution >= 4 is 0 Å². The molecule has 0 radical (unpaired) electrons. The smallest absolute Gasteiger partial charge is 0.160 e. The maximum atomic E-state index is 6.09. The van der Waals surface area contributed by atoms with E-state index >= 15 is 0 Å². The normalized spacial score (nSPS) is 27.5. The molecular formula is C15H25N3O. The van der Waals surface area contributed by atoms with Crippen LogP contribution in [0, 0.1) is 12.8 Å². The highest BCUT2D eigenvalue weighted by molar-refractivity contribution is 5.15. The van der Waals surface area contributed by atoms with Gasteiger partial charge >= 0.3 is 0 Å². The highest BCUT2D eigenvalue weighted by Gasteiger charge is 2.39. The van der Waals surface area contributed by atoms with E-state index in [1.807, 2.05) is 19.9 Å². The summed E-state index contributed by atoms with van der Waals surface area (Å²) in [7, 11) is 0. The molecule has 106 valence electrons. The highest BCUT2D eigenvalue weighted by atomic mass is 16.5. The predicted octanol–water partition coefficient (Wildman–Crippen LogP) is 2.69. The van der Waals surface area contributed by atoms with E-state index < -0.39 is 0 Å². The number of hydrogen-bond donors (Lipinski definition) is 1. The molecule has 1 aliphatic carbocycles. The van der Waals surface area contributed by atoms with Crippen molar-refractivity contribution in [2.75, 3.05) is 6.61 Å². The van der Waals surface area contributed by atoms with Gasteiger partial charge in [0, 0.05) is 18.8 Å². The molecule has 0 aromatic carbocycles. The molecule has 4 nitrogen and oxygen atoms in total. The Morgan fingerprint density at radius 3 is 2.63 bits per heavy atom. The van der Waals surface area contributed by atoms with Gasteiger partial charge in [-0.25, -0.2) is 9.97 Å². The number of rotatable bonds is 4. The Hall–Kier alpha value is -1.00. The van der Waals surface area contributed by atoms with Gasteiger partial charge in [-0.15, -0.1) is 0 Å². The van der Waals surface area contributed by atoms with E-state index in [1.54, 1.807) is 0 Å². The molecule has 2 N–H and O–H groups in total. The Morgan fingerprint density at radius 2 is 2.05 bits per heavy atom. The fourth-order valence-electron chi connectivity index (χ4n) is 2.88. The van der Waals surface area contributed by atoms with Crippen LogP contribution in [0.25, 0.3) is 0 Å². The Balaban J connectivity index is 2.35. The number of nitrogens with zero attached hydrogens (tertiary/aromatic N) is 2. The zero-order chi connectivity index (χ0) is 13.9. The molecule has 19 heavy (non-hydrogen) atoms. The number of aromatic nitrogens is 2. The van der Waals surface area contributed by atoms with Gasteiger partial charge in [-0.3, -0.25) is 0 Å².